The van der Waals surface area contributed by atoms with Crippen molar-refractivity contribution < 1.29 is 19.1 Å². The lowest BCUT2D eigenvalue weighted by Crippen LogP contribution is -2.35. The third kappa shape index (κ3) is 3.90. The Hall–Kier alpha value is -3.65. The number of amides is 1. The normalized spacial score (nSPS) is 16.9. The van der Waals surface area contributed by atoms with Gasteiger partial charge >= 0.3 is 5.97 Å². The van der Waals surface area contributed by atoms with Crippen LogP contribution in [0.15, 0.2) is 70.2 Å². The van der Waals surface area contributed by atoms with E-state index in [9.17, 15) is 9.59 Å². The Morgan fingerprint density at radius 2 is 1.93 bits per heavy atom. The number of fused-ring (bicyclic) bond motifs is 1. The van der Waals surface area contributed by atoms with Gasteiger partial charge in [-0.1, -0.05) is 30.0 Å². The fourth-order valence-corrected chi connectivity index (χ4v) is 3.73. The molecule has 7 nitrogen and oxygen atoms in total. The van der Waals surface area contributed by atoms with Gasteiger partial charge in [0.2, 0.25) is 0 Å². The van der Waals surface area contributed by atoms with Gasteiger partial charge in [0.15, 0.2) is 5.17 Å². The molecule has 1 N–H and O–H groups in total. The molecule has 0 unspecified atom stereocenters. The zero-order chi connectivity index (χ0) is 21.3. The van der Waals surface area contributed by atoms with Crippen LogP contribution in [0.4, 0.5) is 0 Å². The number of hydrogen-bond acceptors (Lipinski definition) is 6. The molecule has 4 rings (SSSR count). The Morgan fingerprint density at radius 1 is 1.17 bits per heavy atom. The summed E-state index contributed by atoms with van der Waals surface area (Å²) in [7, 11) is 1.53. The lowest BCUT2D eigenvalue weighted by atomic mass is 10.1. The maximum atomic E-state index is 12.3. The zero-order valence-electron chi connectivity index (χ0n) is 16.2. The number of nitrogens with one attached hydrogen (secondary N) is 1. The van der Waals surface area contributed by atoms with E-state index in [2.05, 4.69) is 4.99 Å². The van der Waals surface area contributed by atoms with Gasteiger partial charge in [-0.15, -0.1) is 0 Å². The van der Waals surface area contributed by atoms with E-state index >= 15 is 0 Å². The first-order chi connectivity index (χ1) is 14.4. The Balaban J connectivity index is 1.50. The molecular formula is C22H17N3O4S. The molecule has 2 heterocycles. The van der Waals surface area contributed by atoms with Gasteiger partial charge in [0, 0.05) is 11.1 Å². The second-order valence-electron chi connectivity index (χ2n) is 6.51. The molecule has 0 bridgehead atoms. The van der Waals surface area contributed by atoms with Crippen molar-refractivity contribution in [2.24, 2.45) is 4.99 Å². The predicted molar refractivity (Wildman–Crippen MR) is 116 cm³/mol. The maximum absolute atomic E-state index is 12.3. The van der Waals surface area contributed by atoms with Crippen LogP contribution in [0.1, 0.15) is 22.8 Å². The fourth-order valence-electron chi connectivity index (χ4n) is 2.92. The quantitative estimate of drug-likeness (QED) is 0.456. The van der Waals surface area contributed by atoms with Crippen molar-refractivity contribution in [2.45, 2.75) is 6.92 Å². The summed E-state index contributed by atoms with van der Waals surface area (Å²) >= 11 is 1.37. The van der Waals surface area contributed by atoms with Gasteiger partial charge in [-0.05, 0) is 48.9 Å². The topological polar surface area (TPSA) is 92.1 Å². The van der Waals surface area contributed by atoms with Gasteiger partial charge in [0.25, 0.3) is 5.91 Å². The average molecular weight is 419 g/mol. The average Bonchev–Trinajstić information content (AvgIpc) is 3.12. The van der Waals surface area contributed by atoms with Crippen LogP contribution in [0.2, 0.25) is 0 Å². The van der Waals surface area contributed by atoms with E-state index in [4.69, 9.17) is 14.9 Å². The first-order valence-electron chi connectivity index (χ1n) is 9.00. The van der Waals surface area contributed by atoms with Gasteiger partial charge in [-0.25, -0.2) is 4.79 Å². The predicted octanol–water partition coefficient (Wildman–Crippen LogP) is 4.08. The lowest BCUT2D eigenvalue weighted by Gasteiger charge is -2.22. The van der Waals surface area contributed by atoms with Crippen LogP contribution in [0, 0.1) is 5.41 Å². The number of nitrogens with zero attached hydrogens (tertiary/aromatic N) is 2. The van der Waals surface area contributed by atoms with E-state index in [0.717, 1.165) is 4.91 Å². The first kappa shape index (κ1) is 19.7. The summed E-state index contributed by atoms with van der Waals surface area (Å²) in [5, 5.41) is 8.82. The molecule has 30 heavy (non-hydrogen) atoms. The molecule has 0 aliphatic carbocycles. The van der Waals surface area contributed by atoms with Crippen LogP contribution < -0.4 is 9.47 Å². The number of aliphatic imine (C=N–C) groups is 1. The summed E-state index contributed by atoms with van der Waals surface area (Å²) in [6.07, 6.45) is 3.39. The van der Waals surface area contributed by atoms with E-state index in [1.54, 1.807) is 65.7 Å². The molecule has 8 heteroatoms. The van der Waals surface area contributed by atoms with Crippen molar-refractivity contribution in [3.63, 3.8) is 0 Å². The highest BCUT2D eigenvalue weighted by Crippen LogP contribution is 2.32. The van der Waals surface area contributed by atoms with Crippen LogP contribution in [-0.4, -0.2) is 34.9 Å². The minimum atomic E-state index is -0.500. The number of esters is 1. The third-order valence-corrected chi connectivity index (χ3v) is 5.30. The minimum absolute atomic E-state index is 0.0860. The SMILES string of the molecule is COc1cccc(C(=O)Oc2ccc(/C=C3\C(=N)N4C=C(C)SC4=NC3=O)cc2)c1. The van der Waals surface area contributed by atoms with Gasteiger partial charge in [0.05, 0.1) is 18.2 Å². The first-order valence-corrected chi connectivity index (χ1v) is 9.81. The number of carbonyl (C=O) groups excluding carboxylic acids is 2. The highest BCUT2D eigenvalue weighted by molar-refractivity contribution is 8.17. The van der Waals surface area contributed by atoms with Crippen molar-refractivity contribution in [3.8, 4) is 11.5 Å². The summed E-state index contributed by atoms with van der Waals surface area (Å²) in [4.78, 5) is 31.3. The molecule has 0 saturated carbocycles. The molecule has 0 atom stereocenters. The second kappa shape index (κ2) is 8.00. The van der Waals surface area contributed by atoms with Crippen molar-refractivity contribution >= 4 is 40.7 Å². The molecule has 0 fully saturated rings. The Bertz CT molecular complexity index is 1150. The summed E-state index contributed by atoms with van der Waals surface area (Å²) in [6.45, 7) is 1.90. The fraction of sp³-hybridized carbons (Fsp3) is 0.0909. The van der Waals surface area contributed by atoms with Crippen molar-refractivity contribution in [2.75, 3.05) is 7.11 Å². The van der Waals surface area contributed by atoms with Crippen molar-refractivity contribution in [3.05, 3.63) is 76.3 Å². The van der Waals surface area contributed by atoms with Gasteiger partial charge in [0.1, 0.15) is 17.3 Å². The molecule has 0 spiro atoms. The molecule has 0 radical (unpaired) electrons. The lowest BCUT2D eigenvalue weighted by molar-refractivity contribution is -0.114. The molecule has 2 aromatic rings. The molecule has 0 aromatic heterocycles. The largest absolute Gasteiger partial charge is 0.497 e. The molecule has 2 aromatic carbocycles. The smallest absolute Gasteiger partial charge is 0.343 e. The second-order valence-corrected chi connectivity index (χ2v) is 7.72. The molecular weight excluding hydrogens is 402 g/mol. The van der Waals surface area contributed by atoms with Gasteiger partial charge < -0.3 is 9.47 Å². The van der Waals surface area contributed by atoms with Crippen LogP contribution in [-0.2, 0) is 4.79 Å². The summed E-state index contributed by atoms with van der Waals surface area (Å²) in [6, 6.07) is 13.4. The van der Waals surface area contributed by atoms with E-state index in [1.807, 2.05) is 6.92 Å². The number of ether oxygens (including phenoxy) is 2. The van der Waals surface area contributed by atoms with Gasteiger partial charge in [-0.2, -0.15) is 4.99 Å². The van der Waals surface area contributed by atoms with Gasteiger partial charge in [-0.3, -0.25) is 15.1 Å². The monoisotopic (exact) mass is 419 g/mol. The van der Waals surface area contributed by atoms with Crippen LogP contribution in [0.25, 0.3) is 6.08 Å². The Labute approximate surface area is 177 Å². The number of hydrogen-bond donors (Lipinski definition) is 1. The summed E-state index contributed by atoms with van der Waals surface area (Å²) in [5.41, 5.74) is 1.27. The van der Waals surface area contributed by atoms with Crippen LogP contribution in [0.3, 0.4) is 0 Å². The van der Waals surface area contributed by atoms with Crippen LogP contribution >= 0.6 is 11.8 Å². The Morgan fingerprint density at radius 3 is 2.67 bits per heavy atom. The van der Waals surface area contributed by atoms with E-state index in [1.165, 1.54) is 18.9 Å². The van der Waals surface area contributed by atoms with Crippen molar-refractivity contribution in [1.29, 1.82) is 5.41 Å². The number of rotatable bonds is 4. The minimum Gasteiger partial charge on any atom is -0.497 e. The maximum Gasteiger partial charge on any atom is 0.343 e. The number of benzene rings is 2. The van der Waals surface area contributed by atoms with E-state index < -0.39 is 11.9 Å². The summed E-state index contributed by atoms with van der Waals surface area (Å²) in [5.74, 6) is 0.0705. The highest BCUT2D eigenvalue weighted by atomic mass is 32.2. The molecule has 2 aliphatic rings. The third-order valence-electron chi connectivity index (χ3n) is 4.40. The number of amidine groups is 2. The number of thioether (sulfide) groups is 1. The van der Waals surface area contributed by atoms with Crippen LogP contribution in [0.5, 0.6) is 11.5 Å². The molecule has 2 aliphatic heterocycles. The zero-order valence-corrected chi connectivity index (χ0v) is 17.0. The number of methoxy groups -OCH3 is 1. The standard InChI is InChI=1S/C22H17N3O4S/c1-13-12-25-19(23)18(20(26)24-22(25)30-13)10-14-6-8-16(9-7-14)29-21(27)15-4-3-5-17(11-15)28-2/h3-12,23H,1-2H3/b18-10+,23-19?. The van der Waals surface area contributed by atoms with Crippen molar-refractivity contribution in [1.82, 2.24) is 4.90 Å². The number of allylic oxidation sites excluding steroid dienone is 1. The number of carbonyl (C=O) groups is 2. The van der Waals surface area contributed by atoms with E-state index in [-0.39, 0.29) is 11.4 Å². The summed E-state index contributed by atoms with van der Waals surface area (Å²) < 4.78 is 10.5. The molecule has 150 valence electrons. The highest BCUT2D eigenvalue weighted by Gasteiger charge is 2.32. The molecule has 1 amide bonds. The Kier molecular flexibility index (Phi) is 5.24. The van der Waals surface area contributed by atoms with E-state index in [0.29, 0.717) is 27.8 Å². The molecule has 0 saturated heterocycles.